The molecule has 0 aliphatic carbocycles. The third kappa shape index (κ3) is 4.49. The summed E-state index contributed by atoms with van der Waals surface area (Å²) in [5.74, 6) is -0.521. The standard InChI is InChI=1S/C21H17ClN2O2/c22-17-12-10-15(11-13-17)14-23-21(26)18-8-4-5-9-19(18)24-20(25)16-6-2-1-3-7-16/h1-13H,14H2,(H,23,26)(H,24,25). The van der Waals surface area contributed by atoms with E-state index < -0.39 is 0 Å². The number of carbonyl (C=O) groups excluding carboxylic acids is 2. The minimum absolute atomic E-state index is 0.260. The Kier molecular flexibility index (Phi) is 5.66. The van der Waals surface area contributed by atoms with Gasteiger partial charge in [-0.15, -0.1) is 0 Å². The van der Waals surface area contributed by atoms with Gasteiger partial charge in [-0.25, -0.2) is 0 Å². The molecule has 26 heavy (non-hydrogen) atoms. The van der Waals surface area contributed by atoms with Crippen molar-refractivity contribution in [2.24, 2.45) is 0 Å². The molecule has 130 valence electrons. The zero-order valence-corrected chi connectivity index (χ0v) is 14.7. The van der Waals surface area contributed by atoms with Crippen molar-refractivity contribution in [2.45, 2.75) is 6.54 Å². The first kappa shape index (κ1) is 17.7. The number of hydrogen-bond donors (Lipinski definition) is 2. The van der Waals surface area contributed by atoms with Crippen LogP contribution in [0.4, 0.5) is 5.69 Å². The van der Waals surface area contributed by atoms with Crippen LogP contribution in [-0.2, 0) is 6.54 Å². The predicted octanol–water partition coefficient (Wildman–Crippen LogP) is 4.52. The number of benzene rings is 3. The zero-order valence-electron chi connectivity index (χ0n) is 13.9. The lowest BCUT2D eigenvalue weighted by Crippen LogP contribution is -2.24. The maximum Gasteiger partial charge on any atom is 0.255 e. The molecule has 5 heteroatoms. The zero-order chi connectivity index (χ0) is 18.4. The van der Waals surface area contributed by atoms with E-state index in [0.29, 0.717) is 28.4 Å². The van der Waals surface area contributed by atoms with Crippen LogP contribution >= 0.6 is 11.6 Å². The molecule has 0 saturated heterocycles. The molecule has 0 saturated carbocycles. The number of carbonyl (C=O) groups is 2. The molecule has 0 fully saturated rings. The SMILES string of the molecule is O=C(Nc1ccccc1C(=O)NCc1ccc(Cl)cc1)c1ccccc1. The molecule has 0 atom stereocenters. The summed E-state index contributed by atoms with van der Waals surface area (Å²) >= 11 is 5.86. The Labute approximate surface area is 156 Å². The van der Waals surface area contributed by atoms with Gasteiger partial charge >= 0.3 is 0 Å². The molecule has 0 aliphatic heterocycles. The average Bonchev–Trinajstić information content (AvgIpc) is 2.68. The Morgan fingerprint density at radius 1 is 0.769 bits per heavy atom. The molecule has 2 N–H and O–H groups in total. The summed E-state index contributed by atoms with van der Waals surface area (Å²) < 4.78 is 0. The van der Waals surface area contributed by atoms with Crippen molar-refractivity contribution in [3.63, 3.8) is 0 Å². The highest BCUT2D eigenvalue weighted by molar-refractivity contribution is 6.30. The lowest BCUT2D eigenvalue weighted by molar-refractivity contribution is 0.0952. The van der Waals surface area contributed by atoms with E-state index in [2.05, 4.69) is 10.6 Å². The van der Waals surface area contributed by atoms with Crippen LogP contribution in [0.2, 0.25) is 5.02 Å². The van der Waals surface area contributed by atoms with E-state index in [0.717, 1.165) is 5.56 Å². The van der Waals surface area contributed by atoms with E-state index in [1.165, 1.54) is 0 Å². The molecule has 3 aromatic carbocycles. The third-order valence-electron chi connectivity index (χ3n) is 3.82. The number of hydrogen-bond acceptors (Lipinski definition) is 2. The summed E-state index contributed by atoms with van der Waals surface area (Å²) in [4.78, 5) is 24.9. The van der Waals surface area contributed by atoms with Gasteiger partial charge in [-0.1, -0.05) is 54.1 Å². The van der Waals surface area contributed by atoms with Crippen LogP contribution in [0.25, 0.3) is 0 Å². The maximum absolute atomic E-state index is 12.5. The predicted molar refractivity (Wildman–Crippen MR) is 103 cm³/mol. The topological polar surface area (TPSA) is 58.2 Å². The first-order valence-electron chi connectivity index (χ1n) is 8.11. The van der Waals surface area contributed by atoms with Crippen LogP contribution in [0.1, 0.15) is 26.3 Å². The highest BCUT2D eigenvalue weighted by Crippen LogP contribution is 2.17. The van der Waals surface area contributed by atoms with Gasteiger partial charge in [0.1, 0.15) is 0 Å². The summed E-state index contributed by atoms with van der Waals surface area (Å²) in [6.45, 7) is 0.372. The molecular weight excluding hydrogens is 348 g/mol. The van der Waals surface area contributed by atoms with Gasteiger partial charge in [-0.3, -0.25) is 9.59 Å². The Bertz CT molecular complexity index is 909. The molecule has 0 bridgehead atoms. The molecule has 0 aliphatic rings. The fourth-order valence-corrected chi connectivity index (χ4v) is 2.58. The van der Waals surface area contributed by atoms with Gasteiger partial charge in [-0.2, -0.15) is 0 Å². The second kappa shape index (κ2) is 8.32. The Morgan fingerprint density at radius 2 is 1.42 bits per heavy atom. The second-order valence-electron chi connectivity index (χ2n) is 5.67. The molecule has 0 spiro atoms. The van der Waals surface area contributed by atoms with Gasteiger partial charge in [0.25, 0.3) is 11.8 Å². The second-order valence-corrected chi connectivity index (χ2v) is 6.11. The Hall–Kier alpha value is -3.11. The van der Waals surface area contributed by atoms with E-state index in [4.69, 9.17) is 11.6 Å². The summed E-state index contributed by atoms with van der Waals surface area (Å²) in [6.07, 6.45) is 0. The van der Waals surface area contributed by atoms with Crippen molar-refractivity contribution in [3.8, 4) is 0 Å². The molecule has 0 heterocycles. The smallest absolute Gasteiger partial charge is 0.255 e. The first-order valence-corrected chi connectivity index (χ1v) is 8.49. The molecule has 3 aromatic rings. The molecule has 0 radical (unpaired) electrons. The van der Waals surface area contributed by atoms with Crippen LogP contribution in [0.3, 0.4) is 0 Å². The largest absolute Gasteiger partial charge is 0.348 e. The normalized spacial score (nSPS) is 10.2. The van der Waals surface area contributed by atoms with Crippen molar-refractivity contribution in [1.82, 2.24) is 5.32 Å². The number of rotatable bonds is 5. The van der Waals surface area contributed by atoms with E-state index in [-0.39, 0.29) is 11.8 Å². The van der Waals surface area contributed by atoms with E-state index in [1.807, 2.05) is 18.2 Å². The molecule has 2 amide bonds. The minimum Gasteiger partial charge on any atom is -0.348 e. The third-order valence-corrected chi connectivity index (χ3v) is 4.07. The first-order chi connectivity index (χ1) is 12.6. The summed E-state index contributed by atoms with van der Waals surface area (Å²) in [5, 5.41) is 6.30. The van der Waals surface area contributed by atoms with Crippen molar-refractivity contribution in [3.05, 3.63) is 101 Å². The Morgan fingerprint density at radius 3 is 2.15 bits per heavy atom. The molecule has 3 rings (SSSR count). The van der Waals surface area contributed by atoms with E-state index >= 15 is 0 Å². The van der Waals surface area contributed by atoms with Crippen molar-refractivity contribution >= 4 is 29.1 Å². The number of anilines is 1. The van der Waals surface area contributed by atoms with Gasteiger partial charge in [0.2, 0.25) is 0 Å². The molecular formula is C21H17ClN2O2. The van der Waals surface area contributed by atoms with Crippen molar-refractivity contribution in [1.29, 1.82) is 0 Å². The average molecular weight is 365 g/mol. The highest BCUT2D eigenvalue weighted by Gasteiger charge is 2.13. The molecule has 0 aromatic heterocycles. The maximum atomic E-state index is 12.5. The van der Waals surface area contributed by atoms with Gasteiger partial charge in [-0.05, 0) is 42.0 Å². The van der Waals surface area contributed by atoms with Gasteiger partial charge in [0.05, 0.1) is 11.3 Å². The summed E-state index contributed by atoms with van der Waals surface area (Å²) in [7, 11) is 0. The molecule has 0 unspecified atom stereocenters. The summed E-state index contributed by atoms with van der Waals surface area (Å²) in [6, 6.07) is 23.0. The van der Waals surface area contributed by atoms with E-state index in [9.17, 15) is 9.59 Å². The van der Waals surface area contributed by atoms with Crippen LogP contribution in [0.5, 0.6) is 0 Å². The lowest BCUT2D eigenvalue weighted by atomic mass is 10.1. The van der Waals surface area contributed by atoms with Crippen LogP contribution < -0.4 is 10.6 Å². The van der Waals surface area contributed by atoms with Gasteiger partial charge in [0.15, 0.2) is 0 Å². The monoisotopic (exact) mass is 364 g/mol. The highest BCUT2D eigenvalue weighted by atomic mass is 35.5. The minimum atomic E-state index is -0.261. The fraction of sp³-hybridized carbons (Fsp3) is 0.0476. The number of para-hydroxylation sites is 1. The summed E-state index contributed by atoms with van der Waals surface area (Å²) in [5.41, 5.74) is 2.35. The van der Waals surface area contributed by atoms with Gasteiger partial charge in [0, 0.05) is 17.1 Å². The molecule has 4 nitrogen and oxygen atoms in total. The number of halogens is 1. The lowest BCUT2D eigenvalue weighted by Gasteiger charge is -2.11. The van der Waals surface area contributed by atoms with Crippen LogP contribution in [-0.4, -0.2) is 11.8 Å². The number of amides is 2. The van der Waals surface area contributed by atoms with Crippen molar-refractivity contribution < 1.29 is 9.59 Å². The van der Waals surface area contributed by atoms with Crippen LogP contribution in [0, 0.1) is 0 Å². The number of nitrogens with one attached hydrogen (secondary N) is 2. The van der Waals surface area contributed by atoms with Crippen LogP contribution in [0.15, 0.2) is 78.9 Å². The van der Waals surface area contributed by atoms with Crippen molar-refractivity contribution in [2.75, 3.05) is 5.32 Å². The fourth-order valence-electron chi connectivity index (χ4n) is 2.45. The quantitative estimate of drug-likeness (QED) is 0.699. The van der Waals surface area contributed by atoms with Gasteiger partial charge < -0.3 is 10.6 Å². The van der Waals surface area contributed by atoms with E-state index in [1.54, 1.807) is 60.7 Å². The Balaban J connectivity index is 1.70.